The van der Waals surface area contributed by atoms with E-state index in [9.17, 15) is 4.39 Å². The highest BCUT2D eigenvalue weighted by molar-refractivity contribution is 9.10. The maximum atomic E-state index is 13.2. The fourth-order valence-electron chi connectivity index (χ4n) is 2.94. The molecular weight excluding hydrogens is 371 g/mol. The molecule has 0 atom stereocenters. The summed E-state index contributed by atoms with van der Waals surface area (Å²) in [6, 6.07) is 6.61. The fraction of sp³-hybridized carbons (Fsp3) is 0.526. The molecule has 0 amide bonds. The summed E-state index contributed by atoms with van der Waals surface area (Å²) in [6.45, 7) is 6.65. The van der Waals surface area contributed by atoms with E-state index in [1.807, 2.05) is 19.1 Å². The standard InChI is InChI=1S/C19H24BrFN2O/c1-3-4-11-24-13-19(9-10-19)12-23-18(17(20)14(2)22-23)15-5-7-16(21)8-6-15/h5-8H,3-4,9-13H2,1-2H3. The van der Waals surface area contributed by atoms with Crippen LogP contribution in [0.25, 0.3) is 11.3 Å². The van der Waals surface area contributed by atoms with Crippen molar-refractivity contribution in [2.45, 2.75) is 46.1 Å². The summed E-state index contributed by atoms with van der Waals surface area (Å²) in [5, 5.41) is 4.70. The first-order valence-electron chi connectivity index (χ1n) is 8.61. The molecule has 1 aromatic heterocycles. The van der Waals surface area contributed by atoms with Crippen molar-refractivity contribution in [3.8, 4) is 11.3 Å². The minimum absolute atomic E-state index is 0.209. The Bertz CT molecular complexity index is 692. The van der Waals surface area contributed by atoms with Crippen LogP contribution in [0.1, 0.15) is 38.3 Å². The number of unbranched alkanes of at least 4 members (excludes halogenated alkanes) is 1. The molecule has 1 aromatic carbocycles. The van der Waals surface area contributed by atoms with Crippen molar-refractivity contribution in [1.29, 1.82) is 0 Å². The van der Waals surface area contributed by atoms with Gasteiger partial charge in [-0.05, 0) is 66.4 Å². The topological polar surface area (TPSA) is 27.1 Å². The van der Waals surface area contributed by atoms with Gasteiger partial charge < -0.3 is 4.74 Å². The van der Waals surface area contributed by atoms with Gasteiger partial charge in [-0.3, -0.25) is 4.68 Å². The van der Waals surface area contributed by atoms with Crippen LogP contribution in [0.5, 0.6) is 0 Å². The van der Waals surface area contributed by atoms with Crippen LogP contribution >= 0.6 is 15.9 Å². The summed E-state index contributed by atoms with van der Waals surface area (Å²) < 4.78 is 22.2. The third kappa shape index (κ3) is 3.89. The zero-order valence-electron chi connectivity index (χ0n) is 14.3. The predicted octanol–water partition coefficient (Wildman–Crippen LogP) is 5.36. The number of aryl methyl sites for hydroxylation is 1. The maximum absolute atomic E-state index is 13.2. The average Bonchev–Trinajstić information content (AvgIpc) is 3.27. The van der Waals surface area contributed by atoms with E-state index in [2.05, 4.69) is 27.5 Å². The molecule has 1 aliphatic carbocycles. The highest BCUT2D eigenvalue weighted by Crippen LogP contribution is 2.48. The monoisotopic (exact) mass is 394 g/mol. The van der Waals surface area contributed by atoms with Crippen LogP contribution in [0.2, 0.25) is 0 Å². The predicted molar refractivity (Wildman–Crippen MR) is 97.5 cm³/mol. The number of ether oxygens (including phenoxy) is 1. The van der Waals surface area contributed by atoms with Crippen molar-refractivity contribution in [2.24, 2.45) is 5.41 Å². The van der Waals surface area contributed by atoms with Gasteiger partial charge in [-0.25, -0.2) is 4.39 Å². The lowest BCUT2D eigenvalue weighted by molar-refractivity contribution is 0.0798. The molecule has 130 valence electrons. The Morgan fingerprint density at radius 3 is 2.62 bits per heavy atom. The van der Waals surface area contributed by atoms with Gasteiger partial charge in [0.25, 0.3) is 0 Å². The minimum atomic E-state index is -0.222. The summed E-state index contributed by atoms with van der Waals surface area (Å²) in [6.07, 6.45) is 4.63. The number of halogens is 2. The number of benzene rings is 1. The zero-order valence-corrected chi connectivity index (χ0v) is 15.9. The van der Waals surface area contributed by atoms with E-state index in [1.165, 1.54) is 25.0 Å². The molecule has 0 spiro atoms. The second-order valence-electron chi connectivity index (χ2n) is 6.82. The molecule has 1 fully saturated rings. The molecule has 0 unspecified atom stereocenters. The van der Waals surface area contributed by atoms with Gasteiger partial charge in [-0.15, -0.1) is 0 Å². The Balaban J connectivity index is 1.79. The summed E-state index contributed by atoms with van der Waals surface area (Å²) in [5.74, 6) is -0.222. The van der Waals surface area contributed by atoms with Gasteiger partial charge >= 0.3 is 0 Å². The van der Waals surface area contributed by atoms with Crippen molar-refractivity contribution < 1.29 is 9.13 Å². The largest absolute Gasteiger partial charge is 0.381 e. The first kappa shape index (κ1) is 17.6. The van der Waals surface area contributed by atoms with Gasteiger partial charge in [0.05, 0.1) is 22.5 Å². The quantitative estimate of drug-likeness (QED) is 0.563. The van der Waals surface area contributed by atoms with Crippen LogP contribution in [-0.4, -0.2) is 23.0 Å². The molecule has 5 heteroatoms. The van der Waals surface area contributed by atoms with E-state index >= 15 is 0 Å². The van der Waals surface area contributed by atoms with Gasteiger partial charge in [0.15, 0.2) is 0 Å². The first-order valence-corrected chi connectivity index (χ1v) is 9.40. The van der Waals surface area contributed by atoms with Crippen LogP contribution in [0.4, 0.5) is 4.39 Å². The van der Waals surface area contributed by atoms with E-state index in [0.29, 0.717) is 0 Å². The summed E-state index contributed by atoms with van der Waals surface area (Å²) in [5.41, 5.74) is 3.16. The van der Waals surface area contributed by atoms with Gasteiger partial charge in [-0.2, -0.15) is 5.10 Å². The SMILES string of the molecule is CCCCOCC1(Cn2nc(C)c(Br)c2-c2ccc(F)cc2)CC1. The number of nitrogens with zero attached hydrogens (tertiary/aromatic N) is 2. The summed E-state index contributed by atoms with van der Waals surface area (Å²) in [4.78, 5) is 0. The molecule has 2 aromatic rings. The van der Waals surface area contributed by atoms with E-state index in [1.54, 1.807) is 0 Å². The van der Waals surface area contributed by atoms with E-state index in [4.69, 9.17) is 9.84 Å². The molecule has 1 saturated carbocycles. The lowest BCUT2D eigenvalue weighted by Gasteiger charge is -2.17. The Hall–Kier alpha value is -1.20. The Kier molecular flexibility index (Phi) is 5.40. The van der Waals surface area contributed by atoms with Gasteiger partial charge in [0.1, 0.15) is 5.82 Å². The molecular formula is C19H24BrFN2O. The molecule has 24 heavy (non-hydrogen) atoms. The molecule has 1 aliphatic rings. The normalized spacial score (nSPS) is 15.7. The minimum Gasteiger partial charge on any atom is -0.381 e. The second kappa shape index (κ2) is 7.36. The third-order valence-electron chi connectivity index (χ3n) is 4.66. The molecule has 3 rings (SSSR count). The van der Waals surface area contributed by atoms with Crippen molar-refractivity contribution in [3.05, 3.63) is 40.2 Å². The number of hydrogen-bond donors (Lipinski definition) is 0. The zero-order chi connectivity index (χ0) is 17.2. The van der Waals surface area contributed by atoms with Crippen LogP contribution < -0.4 is 0 Å². The molecule has 0 N–H and O–H groups in total. The van der Waals surface area contributed by atoms with Crippen LogP contribution in [-0.2, 0) is 11.3 Å². The van der Waals surface area contributed by atoms with Crippen molar-refractivity contribution in [2.75, 3.05) is 13.2 Å². The smallest absolute Gasteiger partial charge is 0.123 e. The highest BCUT2D eigenvalue weighted by Gasteiger charge is 2.44. The lowest BCUT2D eigenvalue weighted by Crippen LogP contribution is -2.20. The summed E-state index contributed by atoms with van der Waals surface area (Å²) >= 11 is 3.65. The highest BCUT2D eigenvalue weighted by atomic mass is 79.9. The van der Waals surface area contributed by atoms with Crippen LogP contribution in [0.3, 0.4) is 0 Å². The number of aromatic nitrogens is 2. The molecule has 3 nitrogen and oxygen atoms in total. The van der Waals surface area contributed by atoms with Crippen molar-refractivity contribution in [1.82, 2.24) is 9.78 Å². The van der Waals surface area contributed by atoms with Crippen LogP contribution in [0, 0.1) is 18.2 Å². The van der Waals surface area contributed by atoms with Crippen molar-refractivity contribution >= 4 is 15.9 Å². The fourth-order valence-corrected chi connectivity index (χ4v) is 3.45. The van der Waals surface area contributed by atoms with Gasteiger partial charge in [-0.1, -0.05) is 13.3 Å². The van der Waals surface area contributed by atoms with E-state index in [-0.39, 0.29) is 11.2 Å². The van der Waals surface area contributed by atoms with E-state index in [0.717, 1.165) is 54.0 Å². The third-order valence-corrected chi connectivity index (χ3v) is 5.61. The second-order valence-corrected chi connectivity index (χ2v) is 7.61. The molecule has 0 radical (unpaired) electrons. The van der Waals surface area contributed by atoms with Crippen LogP contribution in [0.15, 0.2) is 28.7 Å². The first-order chi connectivity index (χ1) is 11.5. The lowest BCUT2D eigenvalue weighted by atomic mass is 10.1. The molecule has 0 saturated heterocycles. The Morgan fingerprint density at radius 2 is 2.00 bits per heavy atom. The van der Waals surface area contributed by atoms with Gasteiger partial charge in [0.2, 0.25) is 0 Å². The Labute approximate surface area is 151 Å². The molecule has 0 aliphatic heterocycles. The maximum Gasteiger partial charge on any atom is 0.123 e. The Morgan fingerprint density at radius 1 is 1.29 bits per heavy atom. The number of rotatable bonds is 8. The summed E-state index contributed by atoms with van der Waals surface area (Å²) in [7, 11) is 0. The van der Waals surface area contributed by atoms with Gasteiger partial charge in [0, 0.05) is 24.1 Å². The van der Waals surface area contributed by atoms with Crippen molar-refractivity contribution in [3.63, 3.8) is 0 Å². The average molecular weight is 395 g/mol. The van der Waals surface area contributed by atoms with E-state index < -0.39 is 0 Å². The number of hydrogen-bond acceptors (Lipinski definition) is 2. The molecule has 0 bridgehead atoms. The molecule has 1 heterocycles.